The maximum atomic E-state index is 12.7. The van der Waals surface area contributed by atoms with Crippen LogP contribution in [-0.4, -0.2) is 44.3 Å². The summed E-state index contributed by atoms with van der Waals surface area (Å²) < 4.78 is 5.64. The van der Waals surface area contributed by atoms with Gasteiger partial charge < -0.3 is 9.32 Å². The lowest BCUT2D eigenvalue weighted by Crippen LogP contribution is -2.50. The number of carbonyl (C=O) groups is 1. The summed E-state index contributed by atoms with van der Waals surface area (Å²) in [4.78, 5) is 18.9. The van der Waals surface area contributed by atoms with Crippen LogP contribution in [0.3, 0.4) is 0 Å². The summed E-state index contributed by atoms with van der Waals surface area (Å²) in [6, 6.07) is 4.15. The highest BCUT2D eigenvalue weighted by atomic mass is 32.2. The molecule has 3 heterocycles. The molecule has 1 aliphatic heterocycles. The fourth-order valence-corrected chi connectivity index (χ4v) is 4.66. The van der Waals surface area contributed by atoms with Gasteiger partial charge in [-0.25, -0.2) is 0 Å². The van der Waals surface area contributed by atoms with Crippen LogP contribution in [0, 0.1) is 5.92 Å². The second-order valence-corrected chi connectivity index (χ2v) is 7.67. The molecule has 2 aromatic heterocycles. The van der Waals surface area contributed by atoms with Gasteiger partial charge in [-0.3, -0.25) is 9.78 Å². The molecule has 4 rings (SSSR count). The van der Waals surface area contributed by atoms with E-state index >= 15 is 0 Å². The van der Waals surface area contributed by atoms with Crippen molar-refractivity contribution in [1.82, 2.24) is 20.1 Å². The quantitative estimate of drug-likeness (QED) is 0.780. The zero-order valence-corrected chi connectivity index (χ0v) is 15.0. The van der Waals surface area contributed by atoms with Crippen LogP contribution in [0.4, 0.5) is 0 Å². The predicted octanol–water partition coefficient (Wildman–Crippen LogP) is 3.40. The van der Waals surface area contributed by atoms with Crippen LogP contribution in [0.5, 0.6) is 0 Å². The van der Waals surface area contributed by atoms with Crippen molar-refractivity contribution in [2.75, 3.05) is 12.3 Å². The Labute approximate surface area is 151 Å². The molecule has 0 spiro atoms. The highest BCUT2D eigenvalue weighted by molar-refractivity contribution is 7.99. The Hall–Kier alpha value is -1.89. The number of piperidine rings is 1. The second kappa shape index (κ2) is 7.56. The van der Waals surface area contributed by atoms with Crippen LogP contribution in [0.1, 0.15) is 38.5 Å². The van der Waals surface area contributed by atoms with Crippen molar-refractivity contribution in [3.05, 3.63) is 24.5 Å². The molecule has 1 amide bonds. The fourth-order valence-electron chi connectivity index (χ4n) is 4.01. The maximum Gasteiger partial charge on any atom is 0.277 e. The number of fused-ring (bicyclic) bond motifs is 1. The van der Waals surface area contributed by atoms with Crippen molar-refractivity contribution in [2.24, 2.45) is 5.92 Å². The first-order valence-electron chi connectivity index (χ1n) is 8.97. The molecule has 0 bridgehead atoms. The van der Waals surface area contributed by atoms with Gasteiger partial charge >= 0.3 is 0 Å². The number of hydrogen-bond acceptors (Lipinski definition) is 6. The smallest absolute Gasteiger partial charge is 0.277 e. The van der Waals surface area contributed by atoms with Crippen LogP contribution in [0.2, 0.25) is 0 Å². The lowest BCUT2D eigenvalue weighted by atomic mass is 9.78. The molecule has 0 unspecified atom stereocenters. The topological polar surface area (TPSA) is 72.1 Å². The molecule has 2 aromatic rings. The van der Waals surface area contributed by atoms with E-state index in [1.807, 2.05) is 12.1 Å². The third kappa shape index (κ3) is 3.71. The largest absolute Gasteiger partial charge is 0.411 e. The van der Waals surface area contributed by atoms with Crippen molar-refractivity contribution in [2.45, 2.75) is 49.8 Å². The van der Waals surface area contributed by atoms with E-state index in [-0.39, 0.29) is 5.91 Å². The second-order valence-electron chi connectivity index (χ2n) is 6.74. The molecule has 0 aromatic carbocycles. The number of pyridine rings is 1. The Bertz CT molecular complexity index is 719. The van der Waals surface area contributed by atoms with Gasteiger partial charge in [0.1, 0.15) is 0 Å². The van der Waals surface area contributed by atoms with Gasteiger partial charge in [0, 0.05) is 25.0 Å². The normalized spacial score (nSPS) is 23.3. The third-order valence-electron chi connectivity index (χ3n) is 5.20. The minimum Gasteiger partial charge on any atom is -0.411 e. The average Bonchev–Trinajstić information content (AvgIpc) is 3.15. The average molecular weight is 358 g/mol. The molecule has 0 radical (unpaired) electrons. The molecule has 2 atom stereocenters. The number of carbonyl (C=O) groups excluding carboxylic acids is 1. The van der Waals surface area contributed by atoms with Crippen molar-refractivity contribution in [1.29, 1.82) is 0 Å². The highest BCUT2D eigenvalue weighted by Crippen LogP contribution is 2.35. The van der Waals surface area contributed by atoms with Gasteiger partial charge in [0.2, 0.25) is 11.8 Å². The van der Waals surface area contributed by atoms with Gasteiger partial charge in [-0.2, -0.15) is 0 Å². The van der Waals surface area contributed by atoms with Crippen LogP contribution in [-0.2, 0) is 4.79 Å². The van der Waals surface area contributed by atoms with Crippen LogP contribution >= 0.6 is 11.8 Å². The number of amides is 1. The molecule has 132 valence electrons. The number of hydrogen-bond donors (Lipinski definition) is 0. The first-order valence-corrected chi connectivity index (χ1v) is 9.96. The van der Waals surface area contributed by atoms with Crippen molar-refractivity contribution in [3.63, 3.8) is 0 Å². The molecule has 1 saturated heterocycles. The number of nitrogens with zero attached hydrogens (tertiary/aromatic N) is 4. The van der Waals surface area contributed by atoms with Crippen LogP contribution in [0.15, 0.2) is 34.2 Å². The van der Waals surface area contributed by atoms with E-state index in [4.69, 9.17) is 4.42 Å². The summed E-state index contributed by atoms with van der Waals surface area (Å²) in [5, 5.41) is 8.51. The third-order valence-corrected chi connectivity index (χ3v) is 6.00. The van der Waals surface area contributed by atoms with Crippen LogP contribution in [0.25, 0.3) is 11.5 Å². The Morgan fingerprint density at radius 1 is 1.24 bits per heavy atom. The van der Waals surface area contributed by atoms with E-state index in [0.29, 0.717) is 28.8 Å². The summed E-state index contributed by atoms with van der Waals surface area (Å²) >= 11 is 1.33. The number of likely N-dealkylation sites (tertiary alicyclic amines) is 1. The maximum absolute atomic E-state index is 12.7. The SMILES string of the molecule is O=C(CSc1nnc(-c2cccnc2)o1)N1CCC[C@@H]2CCCC[C@H]21. The van der Waals surface area contributed by atoms with E-state index in [9.17, 15) is 4.79 Å². The van der Waals surface area contributed by atoms with Crippen molar-refractivity contribution in [3.8, 4) is 11.5 Å². The minimum atomic E-state index is 0.197. The summed E-state index contributed by atoms with van der Waals surface area (Å²) in [6.07, 6.45) is 10.8. The first-order chi connectivity index (χ1) is 12.3. The van der Waals surface area contributed by atoms with Gasteiger partial charge in [-0.05, 0) is 43.7 Å². The molecule has 2 aliphatic rings. The number of thioether (sulfide) groups is 1. The highest BCUT2D eigenvalue weighted by Gasteiger charge is 2.35. The molecular formula is C18H22N4O2S. The van der Waals surface area contributed by atoms with Crippen LogP contribution < -0.4 is 0 Å². The van der Waals surface area contributed by atoms with E-state index in [0.717, 1.165) is 24.9 Å². The molecule has 1 aliphatic carbocycles. The Morgan fingerprint density at radius 2 is 2.12 bits per heavy atom. The lowest BCUT2D eigenvalue weighted by molar-refractivity contribution is -0.134. The van der Waals surface area contributed by atoms with Crippen molar-refractivity contribution < 1.29 is 9.21 Å². The summed E-state index contributed by atoms with van der Waals surface area (Å²) in [7, 11) is 0. The summed E-state index contributed by atoms with van der Waals surface area (Å²) in [6.45, 7) is 0.894. The van der Waals surface area contributed by atoms with Gasteiger partial charge in [0.05, 0.1) is 11.3 Å². The Balaban J connectivity index is 1.36. The number of aromatic nitrogens is 3. The molecule has 7 heteroatoms. The minimum absolute atomic E-state index is 0.197. The fraction of sp³-hybridized carbons (Fsp3) is 0.556. The summed E-state index contributed by atoms with van der Waals surface area (Å²) in [5.74, 6) is 1.70. The standard InChI is InChI=1S/C18H22N4O2S/c23-16(22-10-4-7-13-5-1-2-8-15(13)22)12-25-18-21-20-17(24-18)14-6-3-9-19-11-14/h3,6,9,11,13,15H,1-2,4-5,7-8,10,12H2/t13-,15+/m0/s1. The summed E-state index contributed by atoms with van der Waals surface area (Å²) in [5.41, 5.74) is 0.786. The Morgan fingerprint density at radius 3 is 3.00 bits per heavy atom. The molecule has 1 saturated carbocycles. The molecule has 6 nitrogen and oxygen atoms in total. The van der Waals surface area contributed by atoms with Gasteiger partial charge in [-0.1, -0.05) is 24.6 Å². The number of rotatable bonds is 4. The van der Waals surface area contributed by atoms with E-state index in [1.54, 1.807) is 12.4 Å². The molecule has 2 fully saturated rings. The molecule has 25 heavy (non-hydrogen) atoms. The molecular weight excluding hydrogens is 336 g/mol. The first kappa shape index (κ1) is 16.6. The van der Waals surface area contributed by atoms with E-state index in [2.05, 4.69) is 20.1 Å². The zero-order chi connectivity index (χ0) is 17.1. The van der Waals surface area contributed by atoms with E-state index in [1.165, 1.54) is 37.4 Å². The van der Waals surface area contributed by atoms with E-state index < -0.39 is 0 Å². The van der Waals surface area contributed by atoms with Gasteiger partial charge in [0.15, 0.2) is 0 Å². The predicted molar refractivity (Wildman–Crippen MR) is 94.9 cm³/mol. The van der Waals surface area contributed by atoms with Crippen molar-refractivity contribution >= 4 is 17.7 Å². The molecule has 0 N–H and O–H groups in total. The Kier molecular flexibility index (Phi) is 5.01. The van der Waals surface area contributed by atoms with Gasteiger partial charge in [0.25, 0.3) is 5.22 Å². The zero-order valence-electron chi connectivity index (χ0n) is 14.1. The monoisotopic (exact) mass is 358 g/mol. The lowest BCUT2D eigenvalue weighted by Gasteiger charge is -2.44. The van der Waals surface area contributed by atoms with Gasteiger partial charge in [-0.15, -0.1) is 10.2 Å².